The van der Waals surface area contributed by atoms with Crippen LogP contribution in [-0.4, -0.2) is 41.1 Å². The van der Waals surface area contributed by atoms with E-state index in [2.05, 4.69) is 20.5 Å². The van der Waals surface area contributed by atoms with E-state index in [0.29, 0.717) is 16.5 Å². The van der Waals surface area contributed by atoms with Crippen LogP contribution in [0.3, 0.4) is 0 Å². The maximum atomic E-state index is 12.6. The molecule has 4 aromatic rings. The minimum absolute atomic E-state index is 0.146. The number of rotatable bonds is 6. The molecule has 1 amide bonds. The topological polar surface area (TPSA) is 86.2 Å². The lowest BCUT2D eigenvalue weighted by Crippen LogP contribution is -2.14. The SMILES string of the molecule is COc1ccc2cnnc(SCC(=O)Nc3ccnc4ccccc34)c2c1OC. The Hall–Kier alpha value is -3.39. The van der Waals surface area contributed by atoms with E-state index in [0.717, 1.165) is 27.4 Å². The number of fused-ring (bicyclic) bond motifs is 2. The van der Waals surface area contributed by atoms with Gasteiger partial charge in [0.2, 0.25) is 5.91 Å². The zero-order chi connectivity index (χ0) is 20.2. The summed E-state index contributed by atoms with van der Waals surface area (Å²) in [7, 11) is 3.16. The largest absolute Gasteiger partial charge is 0.493 e. The van der Waals surface area contributed by atoms with Crippen LogP contribution in [0.1, 0.15) is 0 Å². The fourth-order valence-electron chi connectivity index (χ4n) is 3.09. The summed E-state index contributed by atoms with van der Waals surface area (Å²) in [5.41, 5.74) is 1.55. The van der Waals surface area contributed by atoms with Gasteiger partial charge >= 0.3 is 0 Å². The van der Waals surface area contributed by atoms with Gasteiger partial charge in [-0.25, -0.2) is 0 Å². The number of ether oxygens (including phenoxy) is 2. The summed E-state index contributed by atoms with van der Waals surface area (Å²) >= 11 is 1.29. The van der Waals surface area contributed by atoms with Gasteiger partial charge in [-0.2, -0.15) is 5.10 Å². The number of hydrogen-bond donors (Lipinski definition) is 1. The third-order valence-corrected chi connectivity index (χ3v) is 5.37. The lowest BCUT2D eigenvalue weighted by Gasteiger charge is -2.12. The molecule has 0 aliphatic carbocycles. The Labute approximate surface area is 171 Å². The van der Waals surface area contributed by atoms with E-state index in [9.17, 15) is 4.79 Å². The molecule has 2 aromatic carbocycles. The van der Waals surface area contributed by atoms with Gasteiger partial charge in [0.1, 0.15) is 5.03 Å². The summed E-state index contributed by atoms with van der Waals surface area (Å²) in [4.78, 5) is 16.9. The minimum atomic E-state index is -0.146. The Morgan fingerprint density at radius 2 is 1.97 bits per heavy atom. The van der Waals surface area contributed by atoms with Gasteiger partial charge < -0.3 is 14.8 Å². The Balaban J connectivity index is 1.57. The molecule has 0 fully saturated rings. The molecule has 2 aromatic heterocycles. The standard InChI is InChI=1S/C21H18N4O3S/c1-27-17-8-7-13-11-23-25-21(19(13)20(17)28-2)29-12-18(26)24-16-9-10-22-15-6-4-3-5-14(15)16/h3-11H,12H2,1-2H3,(H,22,24,26). The molecular weight excluding hydrogens is 388 g/mol. The molecule has 0 saturated carbocycles. The van der Waals surface area contributed by atoms with Gasteiger partial charge in [0.25, 0.3) is 0 Å². The first-order valence-electron chi connectivity index (χ1n) is 8.84. The normalized spacial score (nSPS) is 10.8. The summed E-state index contributed by atoms with van der Waals surface area (Å²) in [5, 5.41) is 14.3. The zero-order valence-corrected chi connectivity index (χ0v) is 16.7. The van der Waals surface area contributed by atoms with E-state index in [4.69, 9.17) is 9.47 Å². The molecule has 8 heteroatoms. The number of hydrogen-bond acceptors (Lipinski definition) is 7. The van der Waals surface area contributed by atoms with Crippen LogP contribution >= 0.6 is 11.8 Å². The predicted octanol–water partition coefficient (Wildman–Crippen LogP) is 3.93. The second-order valence-electron chi connectivity index (χ2n) is 6.13. The van der Waals surface area contributed by atoms with Crippen LogP contribution in [0.4, 0.5) is 5.69 Å². The number of para-hydroxylation sites is 1. The molecule has 0 atom stereocenters. The van der Waals surface area contributed by atoms with Crippen LogP contribution in [0.15, 0.2) is 59.9 Å². The first-order chi connectivity index (χ1) is 14.2. The van der Waals surface area contributed by atoms with E-state index >= 15 is 0 Å². The molecule has 0 bridgehead atoms. The number of nitrogens with one attached hydrogen (secondary N) is 1. The molecule has 4 rings (SSSR count). The van der Waals surface area contributed by atoms with Crippen molar-refractivity contribution in [3.05, 3.63) is 54.9 Å². The predicted molar refractivity (Wildman–Crippen MR) is 114 cm³/mol. The second kappa shape index (κ2) is 8.32. The fourth-order valence-corrected chi connectivity index (χ4v) is 3.89. The highest BCUT2D eigenvalue weighted by molar-refractivity contribution is 8.00. The van der Waals surface area contributed by atoms with E-state index in [1.807, 2.05) is 36.4 Å². The Morgan fingerprint density at radius 3 is 2.79 bits per heavy atom. The van der Waals surface area contributed by atoms with Crippen molar-refractivity contribution in [2.45, 2.75) is 5.03 Å². The summed E-state index contributed by atoms with van der Waals surface area (Å²) < 4.78 is 10.9. The van der Waals surface area contributed by atoms with Crippen molar-refractivity contribution in [1.82, 2.24) is 15.2 Å². The van der Waals surface area contributed by atoms with Crippen LogP contribution < -0.4 is 14.8 Å². The smallest absolute Gasteiger partial charge is 0.234 e. The number of nitrogens with zero attached hydrogens (tertiary/aromatic N) is 3. The quantitative estimate of drug-likeness (QED) is 0.486. The van der Waals surface area contributed by atoms with Crippen LogP contribution in [0, 0.1) is 0 Å². The average Bonchev–Trinajstić information content (AvgIpc) is 2.77. The lowest BCUT2D eigenvalue weighted by molar-refractivity contribution is -0.113. The maximum absolute atomic E-state index is 12.6. The number of amides is 1. The zero-order valence-electron chi connectivity index (χ0n) is 15.9. The van der Waals surface area contributed by atoms with Gasteiger partial charge in [-0.1, -0.05) is 30.0 Å². The van der Waals surface area contributed by atoms with Crippen LogP contribution in [0.25, 0.3) is 21.7 Å². The number of benzene rings is 2. The third-order valence-electron chi connectivity index (χ3n) is 4.40. The molecule has 0 aliphatic heterocycles. The second-order valence-corrected chi connectivity index (χ2v) is 7.09. The number of pyridine rings is 1. The van der Waals surface area contributed by atoms with Crippen LogP contribution in [-0.2, 0) is 4.79 Å². The Morgan fingerprint density at radius 1 is 1.10 bits per heavy atom. The summed E-state index contributed by atoms with van der Waals surface area (Å²) in [6, 6.07) is 13.2. The number of aromatic nitrogens is 3. The summed E-state index contributed by atoms with van der Waals surface area (Å²) in [6.45, 7) is 0. The highest BCUT2D eigenvalue weighted by atomic mass is 32.2. The van der Waals surface area contributed by atoms with Crippen LogP contribution in [0.2, 0.25) is 0 Å². The molecule has 0 unspecified atom stereocenters. The fraction of sp³-hybridized carbons (Fsp3) is 0.143. The van der Waals surface area contributed by atoms with Gasteiger partial charge in [-0.3, -0.25) is 9.78 Å². The molecule has 0 saturated heterocycles. The van der Waals surface area contributed by atoms with E-state index < -0.39 is 0 Å². The highest BCUT2D eigenvalue weighted by Crippen LogP contribution is 2.39. The van der Waals surface area contributed by atoms with Gasteiger partial charge in [0.05, 0.1) is 42.8 Å². The van der Waals surface area contributed by atoms with E-state index in [1.165, 1.54) is 11.8 Å². The van der Waals surface area contributed by atoms with Crippen molar-refractivity contribution < 1.29 is 14.3 Å². The van der Waals surface area contributed by atoms with Gasteiger partial charge in [0, 0.05) is 17.0 Å². The van der Waals surface area contributed by atoms with E-state index in [-0.39, 0.29) is 11.7 Å². The number of carbonyl (C=O) groups is 1. The Kier molecular flexibility index (Phi) is 5.44. The molecule has 1 N–H and O–H groups in total. The van der Waals surface area contributed by atoms with Crippen LogP contribution in [0.5, 0.6) is 11.5 Å². The van der Waals surface area contributed by atoms with Crippen molar-refractivity contribution in [2.24, 2.45) is 0 Å². The number of thioether (sulfide) groups is 1. The molecule has 0 radical (unpaired) electrons. The number of anilines is 1. The maximum Gasteiger partial charge on any atom is 0.234 e. The van der Waals surface area contributed by atoms with E-state index in [1.54, 1.807) is 32.7 Å². The first-order valence-corrected chi connectivity index (χ1v) is 9.82. The average molecular weight is 406 g/mol. The number of methoxy groups -OCH3 is 2. The van der Waals surface area contributed by atoms with Gasteiger partial charge in [0.15, 0.2) is 11.5 Å². The van der Waals surface area contributed by atoms with Gasteiger partial charge in [-0.05, 0) is 24.3 Å². The molecule has 0 aliphatic rings. The first kappa shape index (κ1) is 18.9. The molecule has 2 heterocycles. The molecule has 0 spiro atoms. The molecular formula is C21H18N4O3S. The number of carbonyl (C=O) groups excluding carboxylic acids is 1. The van der Waals surface area contributed by atoms with Crippen molar-refractivity contribution in [1.29, 1.82) is 0 Å². The van der Waals surface area contributed by atoms with Crippen molar-refractivity contribution >= 4 is 45.0 Å². The molecule has 7 nitrogen and oxygen atoms in total. The molecule has 146 valence electrons. The Bertz CT molecular complexity index is 1190. The van der Waals surface area contributed by atoms with Crippen molar-refractivity contribution in [2.75, 3.05) is 25.3 Å². The van der Waals surface area contributed by atoms with Crippen molar-refractivity contribution in [3.8, 4) is 11.5 Å². The minimum Gasteiger partial charge on any atom is -0.493 e. The molecule has 29 heavy (non-hydrogen) atoms. The van der Waals surface area contributed by atoms with Gasteiger partial charge in [-0.15, -0.1) is 5.10 Å². The monoisotopic (exact) mass is 406 g/mol. The van der Waals surface area contributed by atoms with Crippen molar-refractivity contribution in [3.63, 3.8) is 0 Å². The highest BCUT2D eigenvalue weighted by Gasteiger charge is 2.16. The summed E-state index contributed by atoms with van der Waals surface area (Å²) in [6.07, 6.45) is 3.34. The third kappa shape index (κ3) is 3.79. The summed E-state index contributed by atoms with van der Waals surface area (Å²) in [5.74, 6) is 1.20. The lowest BCUT2D eigenvalue weighted by atomic mass is 10.2.